The van der Waals surface area contributed by atoms with Crippen molar-refractivity contribution in [3.63, 3.8) is 0 Å². The Morgan fingerprint density at radius 3 is 2.89 bits per heavy atom. The molecule has 0 aromatic heterocycles. The molecule has 18 heavy (non-hydrogen) atoms. The fraction of sp³-hybridized carbons (Fsp3) is 0.533. The van der Waals surface area contributed by atoms with E-state index < -0.39 is 0 Å². The summed E-state index contributed by atoms with van der Waals surface area (Å²) in [6.45, 7) is 5.04. The highest BCUT2D eigenvalue weighted by Crippen LogP contribution is 2.20. The van der Waals surface area contributed by atoms with E-state index in [0.29, 0.717) is 12.5 Å². The van der Waals surface area contributed by atoms with Gasteiger partial charge in [-0.3, -0.25) is 4.79 Å². The third-order valence-electron chi connectivity index (χ3n) is 3.77. The summed E-state index contributed by atoms with van der Waals surface area (Å²) >= 11 is 0. The summed E-state index contributed by atoms with van der Waals surface area (Å²) in [7, 11) is 0. The van der Waals surface area contributed by atoms with Gasteiger partial charge < -0.3 is 10.6 Å². The smallest absolute Gasteiger partial charge is 0.227 e. The van der Waals surface area contributed by atoms with Crippen LogP contribution >= 0.6 is 0 Å². The molecule has 1 fully saturated rings. The number of piperidine rings is 1. The number of hydrogen-bond acceptors (Lipinski definition) is 2. The molecule has 1 aliphatic rings. The van der Waals surface area contributed by atoms with Crippen molar-refractivity contribution in [1.82, 2.24) is 4.90 Å². The summed E-state index contributed by atoms with van der Waals surface area (Å²) in [5.74, 6) is 0.206. The lowest BCUT2D eigenvalue weighted by atomic mass is 10.0. The molecule has 0 spiro atoms. The molecule has 0 saturated carbocycles. The lowest BCUT2D eigenvalue weighted by Crippen LogP contribution is -2.42. The number of amides is 1. The van der Waals surface area contributed by atoms with E-state index >= 15 is 0 Å². The average Bonchev–Trinajstić information content (AvgIpc) is 2.33. The SMILES string of the molecule is Cc1ccc(CC(=O)N2CCCC[C@H]2C)c(N)c1. The number of carbonyl (C=O) groups is 1. The number of benzene rings is 1. The summed E-state index contributed by atoms with van der Waals surface area (Å²) in [4.78, 5) is 14.3. The number of rotatable bonds is 2. The summed E-state index contributed by atoms with van der Waals surface area (Å²) in [5, 5.41) is 0. The van der Waals surface area contributed by atoms with E-state index in [1.165, 1.54) is 6.42 Å². The zero-order valence-corrected chi connectivity index (χ0v) is 11.3. The molecule has 1 aromatic carbocycles. The van der Waals surface area contributed by atoms with Gasteiger partial charge in [0.1, 0.15) is 0 Å². The van der Waals surface area contributed by atoms with Crippen molar-refractivity contribution in [3.05, 3.63) is 29.3 Å². The second kappa shape index (κ2) is 5.42. The molecule has 0 bridgehead atoms. The van der Waals surface area contributed by atoms with Crippen molar-refractivity contribution >= 4 is 11.6 Å². The molecule has 3 heteroatoms. The predicted octanol–water partition coefficient (Wildman–Crippen LogP) is 2.52. The van der Waals surface area contributed by atoms with Crippen LogP contribution in [0.15, 0.2) is 18.2 Å². The van der Waals surface area contributed by atoms with Crippen LogP contribution in [0.4, 0.5) is 5.69 Å². The monoisotopic (exact) mass is 246 g/mol. The first-order valence-corrected chi connectivity index (χ1v) is 6.72. The Morgan fingerprint density at radius 1 is 1.44 bits per heavy atom. The molecule has 1 aromatic rings. The normalized spacial score (nSPS) is 19.9. The highest BCUT2D eigenvalue weighted by Gasteiger charge is 2.23. The Morgan fingerprint density at radius 2 is 2.22 bits per heavy atom. The number of nitrogens with zero attached hydrogens (tertiary/aromatic N) is 1. The first-order chi connectivity index (χ1) is 8.58. The van der Waals surface area contributed by atoms with Crippen LogP contribution in [0.1, 0.15) is 37.3 Å². The van der Waals surface area contributed by atoms with Crippen molar-refractivity contribution in [2.24, 2.45) is 0 Å². The minimum absolute atomic E-state index is 0.206. The maximum atomic E-state index is 12.3. The molecule has 2 N–H and O–H groups in total. The zero-order chi connectivity index (χ0) is 13.1. The predicted molar refractivity (Wildman–Crippen MR) is 74.3 cm³/mol. The number of hydrogen-bond donors (Lipinski definition) is 1. The van der Waals surface area contributed by atoms with Gasteiger partial charge in [0.05, 0.1) is 6.42 Å². The van der Waals surface area contributed by atoms with E-state index in [1.54, 1.807) is 0 Å². The first-order valence-electron chi connectivity index (χ1n) is 6.72. The second-order valence-corrected chi connectivity index (χ2v) is 5.31. The number of nitrogens with two attached hydrogens (primary N) is 1. The number of carbonyl (C=O) groups excluding carboxylic acids is 1. The lowest BCUT2D eigenvalue weighted by Gasteiger charge is -2.33. The minimum atomic E-state index is 0.206. The van der Waals surface area contributed by atoms with Crippen molar-refractivity contribution in [3.8, 4) is 0 Å². The molecule has 1 atom stereocenters. The van der Waals surface area contributed by atoms with Gasteiger partial charge in [-0.05, 0) is 50.3 Å². The molecule has 1 amide bonds. The highest BCUT2D eigenvalue weighted by molar-refractivity contribution is 5.80. The van der Waals surface area contributed by atoms with Crippen molar-refractivity contribution < 1.29 is 4.79 Å². The van der Waals surface area contributed by atoms with Crippen LogP contribution in [0, 0.1) is 6.92 Å². The number of likely N-dealkylation sites (tertiary alicyclic amines) is 1. The van der Waals surface area contributed by atoms with Crippen molar-refractivity contribution in [2.45, 2.75) is 45.6 Å². The fourth-order valence-corrected chi connectivity index (χ4v) is 2.61. The van der Waals surface area contributed by atoms with Crippen molar-refractivity contribution in [1.29, 1.82) is 0 Å². The highest BCUT2D eigenvalue weighted by atomic mass is 16.2. The number of nitrogen functional groups attached to an aromatic ring is 1. The minimum Gasteiger partial charge on any atom is -0.398 e. The van der Waals surface area contributed by atoms with Crippen molar-refractivity contribution in [2.75, 3.05) is 12.3 Å². The first kappa shape index (κ1) is 12.9. The molecule has 2 rings (SSSR count). The Bertz CT molecular complexity index is 442. The second-order valence-electron chi connectivity index (χ2n) is 5.31. The summed E-state index contributed by atoms with van der Waals surface area (Å²) in [6.07, 6.45) is 3.91. The van der Waals surface area contributed by atoms with Gasteiger partial charge in [-0.15, -0.1) is 0 Å². The van der Waals surface area contributed by atoms with E-state index in [0.717, 1.165) is 36.2 Å². The Balaban J connectivity index is 2.06. The van der Waals surface area contributed by atoms with Crippen LogP contribution in [0.2, 0.25) is 0 Å². The maximum absolute atomic E-state index is 12.3. The van der Waals surface area contributed by atoms with Gasteiger partial charge in [0.2, 0.25) is 5.91 Å². The number of anilines is 1. The molecule has 3 nitrogen and oxygen atoms in total. The average molecular weight is 246 g/mol. The third kappa shape index (κ3) is 2.84. The molecule has 1 saturated heterocycles. The standard InChI is InChI=1S/C15H22N2O/c1-11-6-7-13(14(16)9-11)10-15(18)17-8-4-3-5-12(17)2/h6-7,9,12H,3-5,8,10,16H2,1-2H3/t12-/m1/s1. The lowest BCUT2D eigenvalue weighted by molar-refractivity contribution is -0.133. The van der Waals surface area contributed by atoms with E-state index in [4.69, 9.17) is 5.73 Å². The summed E-state index contributed by atoms with van der Waals surface area (Å²) in [5.41, 5.74) is 8.77. The largest absolute Gasteiger partial charge is 0.398 e. The third-order valence-corrected chi connectivity index (χ3v) is 3.77. The molecular formula is C15H22N2O. The van der Waals surface area contributed by atoms with E-state index in [2.05, 4.69) is 6.92 Å². The molecule has 0 radical (unpaired) electrons. The number of aryl methyl sites for hydroxylation is 1. The maximum Gasteiger partial charge on any atom is 0.227 e. The van der Waals surface area contributed by atoms with Crippen LogP contribution in [-0.2, 0) is 11.2 Å². The summed E-state index contributed by atoms with van der Waals surface area (Å²) < 4.78 is 0. The van der Waals surface area contributed by atoms with Gasteiger partial charge in [-0.1, -0.05) is 12.1 Å². The van der Waals surface area contributed by atoms with Crippen LogP contribution in [0.5, 0.6) is 0 Å². The molecule has 0 unspecified atom stereocenters. The van der Waals surface area contributed by atoms with E-state index in [-0.39, 0.29) is 5.91 Å². The fourth-order valence-electron chi connectivity index (χ4n) is 2.61. The van der Waals surface area contributed by atoms with Gasteiger partial charge in [0.15, 0.2) is 0 Å². The molecule has 98 valence electrons. The molecule has 1 aliphatic heterocycles. The Hall–Kier alpha value is -1.51. The van der Waals surface area contributed by atoms with Crippen LogP contribution in [-0.4, -0.2) is 23.4 Å². The van der Waals surface area contributed by atoms with Crippen LogP contribution in [0.25, 0.3) is 0 Å². The quantitative estimate of drug-likeness (QED) is 0.815. The van der Waals surface area contributed by atoms with Crippen LogP contribution in [0.3, 0.4) is 0 Å². The molecule has 1 heterocycles. The van der Waals surface area contributed by atoms with E-state index in [9.17, 15) is 4.79 Å². The molecular weight excluding hydrogens is 224 g/mol. The Labute approximate surface area is 109 Å². The topological polar surface area (TPSA) is 46.3 Å². The van der Waals surface area contributed by atoms with Gasteiger partial charge in [0.25, 0.3) is 0 Å². The Kier molecular flexibility index (Phi) is 3.90. The zero-order valence-electron chi connectivity index (χ0n) is 11.3. The summed E-state index contributed by atoms with van der Waals surface area (Å²) in [6, 6.07) is 6.29. The molecule has 0 aliphatic carbocycles. The van der Waals surface area contributed by atoms with Gasteiger partial charge >= 0.3 is 0 Å². The van der Waals surface area contributed by atoms with Gasteiger partial charge in [-0.2, -0.15) is 0 Å². The van der Waals surface area contributed by atoms with Gasteiger partial charge in [0, 0.05) is 18.3 Å². The van der Waals surface area contributed by atoms with Crippen LogP contribution < -0.4 is 5.73 Å². The van der Waals surface area contributed by atoms with Gasteiger partial charge in [-0.25, -0.2) is 0 Å². The van der Waals surface area contributed by atoms with E-state index in [1.807, 2.05) is 30.0 Å².